The first-order chi connectivity index (χ1) is 17.3. The number of nitrogens with one attached hydrogen (secondary N) is 2. The molecule has 1 atom stereocenters. The van der Waals surface area contributed by atoms with Crippen molar-refractivity contribution in [3.05, 3.63) is 96.3 Å². The molecule has 0 aliphatic rings. The molecule has 0 amide bonds. The van der Waals surface area contributed by atoms with Crippen molar-refractivity contribution >= 4 is 23.5 Å². The molecule has 4 rings (SSSR count). The van der Waals surface area contributed by atoms with Gasteiger partial charge in [0.05, 0.1) is 17.9 Å². The van der Waals surface area contributed by atoms with Crippen molar-refractivity contribution < 1.29 is 17.9 Å². The topological polar surface area (TPSA) is 76.4 Å². The molecule has 1 aromatic heterocycles. The predicted molar refractivity (Wildman–Crippen MR) is 135 cm³/mol. The molecular formula is C25H21F3N6OS. The third-order valence-electron chi connectivity index (χ3n) is 5.02. The normalized spacial score (nSPS) is 12.3. The van der Waals surface area contributed by atoms with Crippen LogP contribution in [0.5, 0.6) is 5.75 Å². The van der Waals surface area contributed by atoms with Crippen LogP contribution in [-0.4, -0.2) is 32.5 Å². The van der Waals surface area contributed by atoms with Crippen molar-refractivity contribution in [3.8, 4) is 22.8 Å². The number of ether oxygens (including phenoxy) is 1. The van der Waals surface area contributed by atoms with Gasteiger partial charge in [0.25, 0.3) is 0 Å². The van der Waals surface area contributed by atoms with Crippen LogP contribution in [0.4, 0.5) is 13.2 Å². The Balaban J connectivity index is 1.32. The summed E-state index contributed by atoms with van der Waals surface area (Å²) < 4.78 is 42.3. The molecule has 0 radical (unpaired) electrons. The van der Waals surface area contributed by atoms with Gasteiger partial charge in [-0.1, -0.05) is 54.6 Å². The average molecular weight is 511 g/mol. The fourth-order valence-corrected chi connectivity index (χ4v) is 3.49. The van der Waals surface area contributed by atoms with Gasteiger partial charge in [-0.3, -0.25) is 5.43 Å². The monoisotopic (exact) mass is 510 g/mol. The van der Waals surface area contributed by atoms with Crippen LogP contribution in [0.2, 0.25) is 0 Å². The van der Waals surface area contributed by atoms with E-state index in [0.29, 0.717) is 16.6 Å². The van der Waals surface area contributed by atoms with Crippen LogP contribution in [0.3, 0.4) is 0 Å². The van der Waals surface area contributed by atoms with Gasteiger partial charge in [0.15, 0.2) is 10.9 Å². The van der Waals surface area contributed by atoms with Crippen LogP contribution in [0.15, 0.2) is 90.3 Å². The van der Waals surface area contributed by atoms with Gasteiger partial charge in [0.2, 0.25) is 0 Å². The second-order valence-electron chi connectivity index (χ2n) is 7.65. The van der Waals surface area contributed by atoms with Crippen LogP contribution >= 0.6 is 12.2 Å². The van der Waals surface area contributed by atoms with E-state index in [9.17, 15) is 13.2 Å². The van der Waals surface area contributed by atoms with E-state index in [1.54, 1.807) is 6.21 Å². The number of rotatable bonds is 7. The first kappa shape index (κ1) is 24.9. The summed E-state index contributed by atoms with van der Waals surface area (Å²) in [4.78, 5) is 4.28. The van der Waals surface area contributed by atoms with E-state index >= 15 is 0 Å². The Kier molecular flexibility index (Phi) is 7.59. The summed E-state index contributed by atoms with van der Waals surface area (Å²) in [6.45, 7) is 2.01. The average Bonchev–Trinajstić information content (AvgIpc) is 3.35. The van der Waals surface area contributed by atoms with E-state index in [-0.39, 0.29) is 11.8 Å². The maximum Gasteiger partial charge on any atom is 0.573 e. The molecule has 0 bridgehead atoms. The third kappa shape index (κ3) is 6.89. The highest BCUT2D eigenvalue weighted by atomic mass is 32.1. The summed E-state index contributed by atoms with van der Waals surface area (Å²) in [7, 11) is 0. The molecule has 7 nitrogen and oxygen atoms in total. The molecule has 3 aromatic carbocycles. The summed E-state index contributed by atoms with van der Waals surface area (Å²) in [5.41, 5.74) is 6.07. The van der Waals surface area contributed by atoms with E-state index in [1.807, 2.05) is 61.5 Å². The molecule has 4 aromatic rings. The summed E-state index contributed by atoms with van der Waals surface area (Å²) in [6, 6.07) is 22.7. The molecule has 0 fully saturated rings. The smallest absolute Gasteiger partial charge is 0.406 e. The standard InChI is InChI=1S/C25H21F3N6OS/c1-17(19-5-3-2-4-6-19)31-24(36)32-30-15-18-7-9-20(10-8-18)23-29-16-34(33-23)21-11-13-22(14-12-21)35-25(26,27)28/h2-17H,1H3,(H2,31,32,36)/b30-15+. The van der Waals surface area contributed by atoms with E-state index < -0.39 is 6.36 Å². The molecule has 0 aliphatic carbocycles. The van der Waals surface area contributed by atoms with Crippen molar-refractivity contribution in [2.45, 2.75) is 19.3 Å². The van der Waals surface area contributed by atoms with Crippen molar-refractivity contribution in [1.29, 1.82) is 0 Å². The number of hydrazone groups is 1. The van der Waals surface area contributed by atoms with Gasteiger partial charge in [-0.05, 0) is 54.5 Å². The number of benzene rings is 3. The number of aromatic nitrogens is 3. The number of hydrogen-bond acceptors (Lipinski definition) is 5. The summed E-state index contributed by atoms with van der Waals surface area (Å²) >= 11 is 5.29. The quantitative estimate of drug-likeness (QED) is 0.197. The lowest BCUT2D eigenvalue weighted by molar-refractivity contribution is -0.274. The Labute approximate surface area is 210 Å². The van der Waals surface area contributed by atoms with Crippen LogP contribution in [0.25, 0.3) is 17.1 Å². The number of nitrogens with zero attached hydrogens (tertiary/aromatic N) is 4. The second kappa shape index (κ2) is 11.0. The molecule has 2 N–H and O–H groups in total. The van der Waals surface area contributed by atoms with Crippen molar-refractivity contribution in [3.63, 3.8) is 0 Å². The van der Waals surface area contributed by atoms with Gasteiger partial charge in [-0.25, -0.2) is 9.67 Å². The van der Waals surface area contributed by atoms with E-state index in [1.165, 1.54) is 35.3 Å². The number of halogens is 3. The van der Waals surface area contributed by atoms with Crippen molar-refractivity contribution in [2.24, 2.45) is 5.10 Å². The molecule has 0 saturated carbocycles. The Hall–Kier alpha value is -4.25. The second-order valence-corrected chi connectivity index (χ2v) is 8.06. The van der Waals surface area contributed by atoms with E-state index in [2.05, 4.69) is 30.7 Å². The Morgan fingerprint density at radius 2 is 1.72 bits per heavy atom. The van der Waals surface area contributed by atoms with E-state index in [0.717, 1.165) is 16.7 Å². The lowest BCUT2D eigenvalue weighted by Gasteiger charge is -2.15. The Bertz CT molecular complexity index is 1320. The van der Waals surface area contributed by atoms with Crippen LogP contribution in [-0.2, 0) is 0 Å². The van der Waals surface area contributed by atoms with Gasteiger partial charge < -0.3 is 10.1 Å². The first-order valence-corrected chi connectivity index (χ1v) is 11.2. The fourth-order valence-electron chi connectivity index (χ4n) is 3.26. The highest BCUT2D eigenvalue weighted by molar-refractivity contribution is 7.80. The third-order valence-corrected chi connectivity index (χ3v) is 5.23. The van der Waals surface area contributed by atoms with Crippen molar-refractivity contribution in [2.75, 3.05) is 0 Å². The fraction of sp³-hybridized carbons (Fsp3) is 0.120. The van der Waals surface area contributed by atoms with Crippen LogP contribution in [0.1, 0.15) is 24.1 Å². The Morgan fingerprint density at radius 3 is 2.39 bits per heavy atom. The maximum absolute atomic E-state index is 12.3. The minimum atomic E-state index is -4.74. The molecule has 1 unspecified atom stereocenters. The molecule has 0 saturated heterocycles. The van der Waals surface area contributed by atoms with Crippen LogP contribution < -0.4 is 15.5 Å². The maximum atomic E-state index is 12.3. The summed E-state index contributed by atoms with van der Waals surface area (Å²) in [5.74, 6) is 0.160. The van der Waals surface area contributed by atoms with Gasteiger partial charge in [-0.2, -0.15) is 5.10 Å². The largest absolute Gasteiger partial charge is 0.573 e. The van der Waals surface area contributed by atoms with Crippen molar-refractivity contribution in [1.82, 2.24) is 25.5 Å². The molecule has 1 heterocycles. The summed E-state index contributed by atoms with van der Waals surface area (Å²) in [6.07, 6.45) is -1.61. The minimum Gasteiger partial charge on any atom is -0.406 e. The lowest BCUT2D eigenvalue weighted by atomic mass is 10.1. The summed E-state index contributed by atoms with van der Waals surface area (Å²) in [5, 5.41) is 12.1. The highest BCUT2D eigenvalue weighted by Gasteiger charge is 2.31. The SMILES string of the molecule is CC(NC(=S)N/N=C/c1ccc(-c2ncn(-c3ccc(OC(F)(F)F)cc3)n2)cc1)c1ccccc1. The molecule has 0 aliphatic heterocycles. The van der Waals surface area contributed by atoms with Gasteiger partial charge in [0, 0.05) is 5.56 Å². The number of alkyl halides is 3. The van der Waals surface area contributed by atoms with Crippen LogP contribution in [0, 0.1) is 0 Å². The molecule has 11 heteroatoms. The van der Waals surface area contributed by atoms with Gasteiger partial charge in [0.1, 0.15) is 12.1 Å². The minimum absolute atomic E-state index is 0.0409. The lowest BCUT2D eigenvalue weighted by Crippen LogP contribution is -2.34. The zero-order valence-corrected chi connectivity index (χ0v) is 19.8. The molecule has 184 valence electrons. The number of thiocarbonyl (C=S) groups is 1. The van der Waals surface area contributed by atoms with E-state index in [4.69, 9.17) is 12.2 Å². The van der Waals surface area contributed by atoms with Gasteiger partial charge >= 0.3 is 6.36 Å². The first-order valence-electron chi connectivity index (χ1n) is 10.8. The Morgan fingerprint density at radius 1 is 1.03 bits per heavy atom. The molecular weight excluding hydrogens is 489 g/mol. The predicted octanol–water partition coefficient (Wildman–Crippen LogP) is 5.39. The number of hydrogen-bond donors (Lipinski definition) is 2. The molecule has 0 spiro atoms. The zero-order chi connectivity index (χ0) is 25.5. The zero-order valence-electron chi connectivity index (χ0n) is 19.0. The molecule has 36 heavy (non-hydrogen) atoms. The highest BCUT2D eigenvalue weighted by Crippen LogP contribution is 2.24. The van der Waals surface area contributed by atoms with Gasteiger partial charge in [-0.15, -0.1) is 18.3 Å².